The predicted molar refractivity (Wildman–Crippen MR) is 142 cm³/mol. The van der Waals surface area contributed by atoms with Crippen molar-refractivity contribution in [3.8, 4) is 0 Å². The monoisotopic (exact) mass is 515 g/mol. The topological polar surface area (TPSA) is 79.4 Å². The molecule has 2 aromatic rings. The van der Waals surface area contributed by atoms with Crippen LogP contribution in [0.1, 0.15) is 40.7 Å². The molecule has 0 saturated carbocycles. The number of hydrogen-bond acceptors (Lipinski definition) is 6. The molecule has 2 aromatic carbocycles. The van der Waals surface area contributed by atoms with Crippen LogP contribution in [-0.4, -0.2) is 77.7 Å². The summed E-state index contributed by atoms with van der Waals surface area (Å²) in [5.41, 5.74) is 4.78. The average Bonchev–Trinajstić information content (AvgIpc) is 2.86. The van der Waals surface area contributed by atoms with Crippen molar-refractivity contribution in [3.63, 3.8) is 0 Å². The number of amides is 1. The Bertz CT molecular complexity index is 1140. The summed E-state index contributed by atoms with van der Waals surface area (Å²) in [6.45, 7) is 8.16. The number of piperazine rings is 1. The quantitative estimate of drug-likeness (QED) is 0.535. The summed E-state index contributed by atoms with van der Waals surface area (Å²) < 4.78 is 37.5. The zero-order chi connectivity index (χ0) is 25.7. The van der Waals surface area contributed by atoms with Crippen LogP contribution < -0.4 is 9.21 Å². The van der Waals surface area contributed by atoms with Gasteiger partial charge in [0.1, 0.15) is 0 Å². The van der Waals surface area contributed by atoms with Crippen LogP contribution in [0.3, 0.4) is 0 Å². The van der Waals surface area contributed by atoms with E-state index in [9.17, 15) is 13.2 Å². The molecule has 9 heteroatoms. The van der Waals surface area contributed by atoms with Crippen molar-refractivity contribution < 1.29 is 22.7 Å². The van der Waals surface area contributed by atoms with Gasteiger partial charge in [0, 0.05) is 44.0 Å². The molecule has 1 unspecified atom stereocenters. The largest absolute Gasteiger partial charge is 0.368 e. The van der Waals surface area contributed by atoms with Crippen molar-refractivity contribution in [3.05, 3.63) is 59.2 Å². The van der Waals surface area contributed by atoms with Crippen LogP contribution in [0.25, 0.3) is 0 Å². The van der Waals surface area contributed by atoms with Crippen molar-refractivity contribution in [1.29, 1.82) is 0 Å². The van der Waals surface area contributed by atoms with Crippen LogP contribution in [0.4, 0.5) is 11.4 Å². The van der Waals surface area contributed by atoms with Gasteiger partial charge in [-0.2, -0.15) is 0 Å². The molecule has 0 aliphatic carbocycles. The van der Waals surface area contributed by atoms with E-state index in [-0.39, 0.29) is 25.3 Å². The number of anilines is 2. The summed E-state index contributed by atoms with van der Waals surface area (Å²) in [5.74, 6) is -0.0366. The van der Waals surface area contributed by atoms with E-state index in [2.05, 4.69) is 36.9 Å². The molecule has 1 atom stereocenters. The summed E-state index contributed by atoms with van der Waals surface area (Å²) in [4.78, 5) is 17.3. The number of carbonyl (C=O) groups excluding carboxylic acids is 1. The highest BCUT2D eigenvalue weighted by molar-refractivity contribution is 7.92. The Morgan fingerprint density at radius 1 is 1.06 bits per heavy atom. The Hall–Kier alpha value is -2.62. The second-order valence-corrected chi connectivity index (χ2v) is 11.5. The molecule has 0 radical (unpaired) electrons. The van der Waals surface area contributed by atoms with Crippen LogP contribution in [0, 0.1) is 13.8 Å². The highest BCUT2D eigenvalue weighted by atomic mass is 32.2. The molecule has 2 fully saturated rings. The molecule has 36 heavy (non-hydrogen) atoms. The maximum Gasteiger partial charge on any atom is 0.253 e. The first-order chi connectivity index (χ1) is 17.2. The van der Waals surface area contributed by atoms with Crippen LogP contribution in [0.5, 0.6) is 0 Å². The zero-order valence-electron chi connectivity index (χ0n) is 21.5. The molecule has 2 saturated heterocycles. The van der Waals surface area contributed by atoms with E-state index in [4.69, 9.17) is 9.47 Å². The van der Waals surface area contributed by atoms with Crippen molar-refractivity contribution in [2.45, 2.75) is 39.4 Å². The molecule has 8 nitrogen and oxygen atoms in total. The van der Waals surface area contributed by atoms with Gasteiger partial charge in [-0.25, -0.2) is 8.42 Å². The number of rotatable bonds is 8. The highest BCUT2D eigenvalue weighted by Crippen LogP contribution is 2.24. The Kier molecular flexibility index (Phi) is 8.54. The smallest absolute Gasteiger partial charge is 0.253 e. The molecule has 0 bridgehead atoms. The molecule has 196 valence electrons. The normalized spacial score (nSPS) is 18.8. The van der Waals surface area contributed by atoms with Gasteiger partial charge in [0.15, 0.2) is 6.29 Å². The fourth-order valence-electron chi connectivity index (χ4n) is 4.86. The van der Waals surface area contributed by atoms with E-state index in [1.54, 1.807) is 24.3 Å². The van der Waals surface area contributed by atoms with E-state index < -0.39 is 10.0 Å². The Morgan fingerprint density at radius 3 is 2.39 bits per heavy atom. The average molecular weight is 516 g/mol. The van der Waals surface area contributed by atoms with Crippen molar-refractivity contribution in [2.24, 2.45) is 0 Å². The number of ether oxygens (including phenoxy) is 2. The van der Waals surface area contributed by atoms with Crippen molar-refractivity contribution >= 4 is 27.3 Å². The second-order valence-electron chi connectivity index (χ2n) is 9.62. The van der Waals surface area contributed by atoms with Crippen molar-refractivity contribution in [1.82, 2.24) is 4.90 Å². The minimum absolute atomic E-state index is 0.0366. The molecule has 0 spiro atoms. The van der Waals surface area contributed by atoms with Crippen LogP contribution >= 0.6 is 0 Å². The molecule has 2 aliphatic heterocycles. The van der Waals surface area contributed by atoms with Gasteiger partial charge in [-0.1, -0.05) is 17.7 Å². The number of benzene rings is 2. The van der Waals surface area contributed by atoms with Gasteiger partial charge in [-0.05, 0) is 69.0 Å². The van der Waals surface area contributed by atoms with E-state index in [0.717, 1.165) is 32.4 Å². The highest BCUT2D eigenvalue weighted by Gasteiger charge is 2.24. The maximum atomic E-state index is 13.1. The fourth-order valence-corrected chi connectivity index (χ4v) is 5.77. The Morgan fingerprint density at radius 2 is 1.78 bits per heavy atom. The summed E-state index contributed by atoms with van der Waals surface area (Å²) >= 11 is 0. The number of sulfonamides is 1. The third-order valence-electron chi connectivity index (χ3n) is 6.80. The van der Waals surface area contributed by atoms with Gasteiger partial charge in [0.2, 0.25) is 10.0 Å². The van der Waals surface area contributed by atoms with E-state index in [0.29, 0.717) is 30.9 Å². The Balaban J connectivity index is 1.35. The molecule has 2 aliphatic rings. The molecule has 0 aromatic heterocycles. The molecule has 4 rings (SSSR count). The van der Waals surface area contributed by atoms with Crippen LogP contribution in [0.2, 0.25) is 0 Å². The lowest BCUT2D eigenvalue weighted by atomic mass is 10.1. The first kappa shape index (κ1) is 26.4. The number of carbonyl (C=O) groups is 1. The van der Waals surface area contributed by atoms with Crippen LogP contribution in [-0.2, 0) is 19.5 Å². The lowest BCUT2D eigenvalue weighted by Gasteiger charge is -2.37. The fraction of sp³-hybridized carbons (Fsp3) is 0.519. The second kappa shape index (κ2) is 11.6. The van der Waals surface area contributed by atoms with Gasteiger partial charge >= 0.3 is 0 Å². The number of aryl methyl sites for hydroxylation is 2. The van der Waals surface area contributed by atoms with E-state index >= 15 is 0 Å². The van der Waals surface area contributed by atoms with Gasteiger partial charge in [0.05, 0.1) is 25.1 Å². The van der Waals surface area contributed by atoms with Gasteiger partial charge in [-0.15, -0.1) is 0 Å². The molecule has 0 N–H and O–H groups in total. The lowest BCUT2D eigenvalue weighted by molar-refractivity contribution is -0.160. The lowest BCUT2D eigenvalue weighted by Crippen LogP contribution is -2.49. The first-order valence-corrected chi connectivity index (χ1v) is 14.5. The van der Waals surface area contributed by atoms with Gasteiger partial charge < -0.3 is 19.3 Å². The minimum atomic E-state index is -3.50. The molecule has 2 heterocycles. The van der Waals surface area contributed by atoms with Crippen molar-refractivity contribution in [2.75, 3.05) is 61.4 Å². The standard InChI is InChI=1S/C27H37N3O5S/c1-21-7-12-25(22(2)20-21)28-13-15-29(16-14-28)27(31)23-8-10-24(11-9-23)30(36(3,32)33)17-19-35-26-6-4-5-18-34-26/h7-12,20,26H,4-6,13-19H2,1-3H3. The summed E-state index contributed by atoms with van der Waals surface area (Å²) in [5, 5.41) is 0. The number of hydrogen-bond donors (Lipinski definition) is 0. The van der Waals surface area contributed by atoms with Crippen LogP contribution in [0.15, 0.2) is 42.5 Å². The third kappa shape index (κ3) is 6.57. The molecular weight excluding hydrogens is 478 g/mol. The van der Waals surface area contributed by atoms with Gasteiger partial charge in [0.25, 0.3) is 5.91 Å². The maximum absolute atomic E-state index is 13.1. The minimum Gasteiger partial charge on any atom is -0.368 e. The first-order valence-electron chi connectivity index (χ1n) is 12.6. The SMILES string of the molecule is Cc1ccc(N2CCN(C(=O)c3ccc(N(CCOC4CCCCO4)S(C)(=O)=O)cc3)CC2)c(C)c1. The van der Waals surface area contributed by atoms with Gasteiger partial charge in [-0.3, -0.25) is 9.10 Å². The summed E-state index contributed by atoms with van der Waals surface area (Å²) in [6, 6.07) is 13.3. The van der Waals surface area contributed by atoms with E-state index in [1.807, 2.05) is 4.90 Å². The summed E-state index contributed by atoms with van der Waals surface area (Å²) in [7, 11) is -3.50. The molecule has 1 amide bonds. The molecular formula is C27H37N3O5S. The number of nitrogens with zero attached hydrogens (tertiary/aromatic N) is 3. The zero-order valence-corrected chi connectivity index (χ0v) is 22.3. The van der Waals surface area contributed by atoms with E-state index in [1.165, 1.54) is 27.4 Å². The summed E-state index contributed by atoms with van der Waals surface area (Å²) in [6.07, 6.45) is 3.82. The third-order valence-corrected chi connectivity index (χ3v) is 7.99. The predicted octanol–water partition coefficient (Wildman–Crippen LogP) is 3.58. The Labute approximate surface area is 214 Å².